The van der Waals surface area contributed by atoms with Gasteiger partial charge in [0.05, 0.1) is 7.11 Å². The molecule has 0 saturated carbocycles. The Morgan fingerprint density at radius 2 is 1.95 bits per heavy atom. The zero-order chi connectivity index (χ0) is 13.8. The second-order valence-electron chi connectivity index (χ2n) is 5.84. The minimum atomic E-state index is 0.619. The molecule has 0 unspecified atom stereocenters. The molecule has 2 rings (SSSR count). The minimum absolute atomic E-state index is 0.619. The van der Waals surface area contributed by atoms with Crippen molar-refractivity contribution >= 4 is 0 Å². The van der Waals surface area contributed by atoms with Crippen LogP contribution >= 0.6 is 0 Å². The lowest BCUT2D eigenvalue weighted by molar-refractivity contribution is 0.121. The quantitative estimate of drug-likeness (QED) is 0.902. The summed E-state index contributed by atoms with van der Waals surface area (Å²) < 4.78 is 5.18. The van der Waals surface area contributed by atoms with E-state index in [1.165, 1.54) is 18.5 Å². The number of hydrogen-bond acceptors (Lipinski definition) is 3. The van der Waals surface area contributed by atoms with Crippen LogP contribution in [-0.4, -0.2) is 37.7 Å². The maximum Gasteiger partial charge on any atom is 0.118 e. The first-order chi connectivity index (χ1) is 9.10. The van der Waals surface area contributed by atoms with E-state index in [0.717, 1.165) is 12.3 Å². The van der Waals surface area contributed by atoms with E-state index in [0.29, 0.717) is 18.0 Å². The number of rotatable bonds is 4. The molecule has 1 saturated heterocycles. The van der Waals surface area contributed by atoms with E-state index in [4.69, 9.17) is 4.74 Å². The zero-order valence-electron chi connectivity index (χ0n) is 12.5. The number of hydrogen-bond donors (Lipinski definition) is 1. The first kappa shape index (κ1) is 14.4. The van der Waals surface area contributed by atoms with E-state index in [9.17, 15) is 0 Å². The number of ether oxygens (including phenoxy) is 1. The van der Waals surface area contributed by atoms with E-state index in [2.05, 4.69) is 43.2 Å². The lowest BCUT2D eigenvalue weighted by atomic mass is 9.90. The molecule has 0 radical (unpaired) electrons. The van der Waals surface area contributed by atoms with Gasteiger partial charge >= 0.3 is 0 Å². The van der Waals surface area contributed by atoms with Crippen LogP contribution < -0.4 is 10.1 Å². The molecule has 19 heavy (non-hydrogen) atoms. The largest absolute Gasteiger partial charge is 0.497 e. The van der Waals surface area contributed by atoms with Crippen molar-refractivity contribution in [1.82, 2.24) is 10.2 Å². The molecule has 106 valence electrons. The van der Waals surface area contributed by atoms with E-state index in [1.807, 2.05) is 12.1 Å². The second kappa shape index (κ2) is 6.40. The number of nitrogens with zero attached hydrogens (tertiary/aromatic N) is 1. The van der Waals surface area contributed by atoms with Crippen LogP contribution in [0, 0.1) is 5.92 Å². The standard InChI is InChI=1S/C16H26N2O/c1-12-11-18(3)13(2)9-16(12)17-10-14-5-7-15(19-4)8-6-14/h5-8,12-13,16-17H,9-11H2,1-4H3/t12-,13+,16-/m1/s1. The summed E-state index contributed by atoms with van der Waals surface area (Å²) in [6.45, 7) is 6.78. The summed E-state index contributed by atoms with van der Waals surface area (Å²) in [7, 11) is 3.93. The fourth-order valence-electron chi connectivity index (χ4n) is 2.82. The second-order valence-corrected chi connectivity index (χ2v) is 5.84. The predicted octanol–water partition coefficient (Wildman–Crippen LogP) is 2.51. The van der Waals surface area contributed by atoms with Gasteiger partial charge in [-0.25, -0.2) is 0 Å². The average molecular weight is 262 g/mol. The molecular formula is C16H26N2O. The van der Waals surface area contributed by atoms with Crippen molar-refractivity contribution in [2.45, 2.75) is 38.9 Å². The average Bonchev–Trinajstić information content (AvgIpc) is 2.42. The van der Waals surface area contributed by atoms with Crippen molar-refractivity contribution in [2.75, 3.05) is 20.7 Å². The molecule has 1 N–H and O–H groups in total. The Balaban J connectivity index is 1.87. The number of benzene rings is 1. The lowest BCUT2D eigenvalue weighted by Crippen LogP contribution is -2.50. The normalized spacial score (nSPS) is 28.3. The Labute approximate surface area is 116 Å². The van der Waals surface area contributed by atoms with E-state index < -0.39 is 0 Å². The summed E-state index contributed by atoms with van der Waals surface area (Å²) in [6, 6.07) is 9.61. The van der Waals surface area contributed by atoms with Crippen molar-refractivity contribution < 1.29 is 4.74 Å². The number of nitrogens with one attached hydrogen (secondary N) is 1. The van der Waals surface area contributed by atoms with E-state index in [1.54, 1.807) is 7.11 Å². The molecule has 0 aliphatic carbocycles. The fourth-order valence-corrected chi connectivity index (χ4v) is 2.82. The summed E-state index contributed by atoms with van der Waals surface area (Å²) >= 11 is 0. The molecular weight excluding hydrogens is 236 g/mol. The van der Waals surface area contributed by atoms with Gasteiger partial charge in [0.1, 0.15) is 5.75 Å². The van der Waals surface area contributed by atoms with Crippen LogP contribution in [0.5, 0.6) is 5.75 Å². The molecule has 1 aliphatic heterocycles. The third-order valence-corrected chi connectivity index (χ3v) is 4.34. The third-order valence-electron chi connectivity index (χ3n) is 4.34. The molecule has 0 spiro atoms. The molecule has 1 aromatic rings. The number of likely N-dealkylation sites (tertiary alicyclic amines) is 1. The number of methoxy groups -OCH3 is 1. The maximum absolute atomic E-state index is 5.18. The van der Waals surface area contributed by atoms with Gasteiger partial charge in [-0.05, 0) is 44.0 Å². The van der Waals surface area contributed by atoms with Crippen LogP contribution in [0.1, 0.15) is 25.8 Å². The molecule has 3 atom stereocenters. The van der Waals surface area contributed by atoms with Gasteiger partial charge in [-0.15, -0.1) is 0 Å². The molecule has 1 heterocycles. The van der Waals surface area contributed by atoms with Crippen molar-refractivity contribution in [1.29, 1.82) is 0 Å². The summed E-state index contributed by atoms with van der Waals surface area (Å²) in [5.74, 6) is 1.63. The SMILES string of the molecule is COc1ccc(CN[C@@H]2C[C@H](C)N(C)C[C@H]2C)cc1. The first-order valence-corrected chi connectivity index (χ1v) is 7.16. The smallest absolute Gasteiger partial charge is 0.118 e. The Bertz CT molecular complexity index is 390. The van der Waals surface area contributed by atoms with Gasteiger partial charge in [0.25, 0.3) is 0 Å². The Morgan fingerprint density at radius 1 is 1.26 bits per heavy atom. The highest BCUT2D eigenvalue weighted by Crippen LogP contribution is 2.21. The van der Waals surface area contributed by atoms with Gasteiger partial charge in [0.15, 0.2) is 0 Å². The molecule has 3 nitrogen and oxygen atoms in total. The molecule has 0 bridgehead atoms. The predicted molar refractivity (Wildman–Crippen MR) is 79.5 cm³/mol. The van der Waals surface area contributed by atoms with Crippen molar-refractivity contribution in [3.8, 4) is 5.75 Å². The van der Waals surface area contributed by atoms with Crippen LogP contribution in [0.4, 0.5) is 0 Å². The monoisotopic (exact) mass is 262 g/mol. The molecule has 1 aromatic carbocycles. The third kappa shape index (κ3) is 3.71. The summed E-state index contributed by atoms with van der Waals surface area (Å²) in [5, 5.41) is 3.71. The van der Waals surface area contributed by atoms with Gasteiger partial charge in [-0.3, -0.25) is 0 Å². The van der Waals surface area contributed by atoms with Crippen molar-refractivity contribution in [3.63, 3.8) is 0 Å². The van der Waals surface area contributed by atoms with E-state index >= 15 is 0 Å². The highest BCUT2D eigenvalue weighted by Gasteiger charge is 2.28. The summed E-state index contributed by atoms with van der Waals surface area (Å²) in [5.41, 5.74) is 1.32. The first-order valence-electron chi connectivity index (χ1n) is 7.16. The lowest BCUT2D eigenvalue weighted by Gasteiger charge is -2.40. The molecule has 1 aliphatic rings. The molecule has 0 amide bonds. The van der Waals surface area contributed by atoms with Gasteiger partial charge in [-0.1, -0.05) is 19.1 Å². The van der Waals surface area contributed by atoms with Crippen LogP contribution in [-0.2, 0) is 6.54 Å². The summed E-state index contributed by atoms with van der Waals surface area (Å²) in [4.78, 5) is 2.45. The Hall–Kier alpha value is -1.06. The Morgan fingerprint density at radius 3 is 2.58 bits per heavy atom. The highest BCUT2D eigenvalue weighted by molar-refractivity contribution is 5.27. The van der Waals surface area contributed by atoms with Gasteiger partial charge in [0.2, 0.25) is 0 Å². The van der Waals surface area contributed by atoms with Gasteiger partial charge in [0, 0.05) is 25.2 Å². The van der Waals surface area contributed by atoms with Crippen LogP contribution in [0.2, 0.25) is 0 Å². The fraction of sp³-hybridized carbons (Fsp3) is 0.625. The topological polar surface area (TPSA) is 24.5 Å². The van der Waals surface area contributed by atoms with Gasteiger partial charge in [-0.2, -0.15) is 0 Å². The number of piperidine rings is 1. The summed E-state index contributed by atoms with van der Waals surface area (Å²) in [6.07, 6.45) is 1.23. The van der Waals surface area contributed by atoms with Crippen LogP contribution in [0.15, 0.2) is 24.3 Å². The van der Waals surface area contributed by atoms with Gasteiger partial charge < -0.3 is 15.0 Å². The maximum atomic E-state index is 5.18. The highest BCUT2D eigenvalue weighted by atomic mass is 16.5. The van der Waals surface area contributed by atoms with Crippen LogP contribution in [0.3, 0.4) is 0 Å². The van der Waals surface area contributed by atoms with Crippen LogP contribution in [0.25, 0.3) is 0 Å². The molecule has 3 heteroatoms. The molecule has 1 fully saturated rings. The molecule has 0 aromatic heterocycles. The van der Waals surface area contributed by atoms with Crippen molar-refractivity contribution in [2.24, 2.45) is 5.92 Å². The Kier molecular flexibility index (Phi) is 4.83. The minimum Gasteiger partial charge on any atom is -0.497 e. The van der Waals surface area contributed by atoms with E-state index in [-0.39, 0.29) is 0 Å². The van der Waals surface area contributed by atoms with Crippen molar-refractivity contribution in [3.05, 3.63) is 29.8 Å². The zero-order valence-corrected chi connectivity index (χ0v) is 12.5.